The minimum Gasteiger partial charge on any atom is -0.360 e. The number of urea groups is 1. The Morgan fingerprint density at radius 2 is 2.10 bits per heavy atom. The Morgan fingerprint density at radius 1 is 1.35 bits per heavy atom. The Hall–Kier alpha value is -2.30. The zero-order valence-electron chi connectivity index (χ0n) is 11.7. The van der Waals surface area contributed by atoms with E-state index in [0.29, 0.717) is 24.0 Å². The first-order valence-corrected chi connectivity index (χ1v) is 6.72. The van der Waals surface area contributed by atoms with Crippen LogP contribution in [0.25, 0.3) is 0 Å². The summed E-state index contributed by atoms with van der Waals surface area (Å²) in [5.41, 5.74) is 1.23. The van der Waals surface area contributed by atoms with Crippen LogP contribution in [0.3, 0.4) is 0 Å². The first-order chi connectivity index (χ1) is 9.69. The summed E-state index contributed by atoms with van der Waals surface area (Å²) in [4.78, 5) is 11.8. The van der Waals surface area contributed by atoms with Crippen LogP contribution in [0.2, 0.25) is 0 Å². The number of anilines is 1. The Kier molecular flexibility index (Phi) is 4.76. The van der Waals surface area contributed by atoms with Gasteiger partial charge in [-0.15, -0.1) is 0 Å². The highest BCUT2D eigenvalue weighted by Crippen LogP contribution is 2.18. The highest BCUT2D eigenvalue weighted by molar-refractivity contribution is 5.88. The van der Waals surface area contributed by atoms with Gasteiger partial charge in [0, 0.05) is 18.5 Å². The van der Waals surface area contributed by atoms with Crippen molar-refractivity contribution in [2.45, 2.75) is 26.2 Å². The highest BCUT2D eigenvalue weighted by Gasteiger charge is 2.11. The first kappa shape index (κ1) is 14.1. The fourth-order valence-electron chi connectivity index (χ4n) is 2.02. The number of carbonyl (C=O) groups is 1. The van der Waals surface area contributed by atoms with E-state index in [4.69, 9.17) is 4.52 Å². The second kappa shape index (κ2) is 6.75. The van der Waals surface area contributed by atoms with Crippen LogP contribution in [0.5, 0.6) is 0 Å². The van der Waals surface area contributed by atoms with Crippen molar-refractivity contribution < 1.29 is 9.32 Å². The Balaban J connectivity index is 1.85. The normalized spacial score (nSPS) is 11.9. The van der Waals surface area contributed by atoms with Crippen LogP contribution in [-0.2, 0) is 0 Å². The summed E-state index contributed by atoms with van der Waals surface area (Å²) in [5.74, 6) is 1.39. The van der Waals surface area contributed by atoms with Crippen LogP contribution in [-0.4, -0.2) is 17.7 Å². The smallest absolute Gasteiger partial charge is 0.320 e. The lowest BCUT2D eigenvalue weighted by Gasteiger charge is -2.16. The SMILES string of the molecule is CC[C@H](CNC(=O)Nc1cc(C)on1)c1ccccc1. The lowest BCUT2D eigenvalue weighted by atomic mass is 9.97. The molecule has 0 fully saturated rings. The molecule has 0 bridgehead atoms. The molecule has 5 nitrogen and oxygen atoms in total. The molecule has 2 amide bonds. The first-order valence-electron chi connectivity index (χ1n) is 6.72. The van der Waals surface area contributed by atoms with Gasteiger partial charge in [-0.05, 0) is 18.9 Å². The highest BCUT2D eigenvalue weighted by atomic mass is 16.5. The molecule has 5 heteroatoms. The molecule has 1 aromatic heterocycles. The van der Waals surface area contributed by atoms with Crippen LogP contribution >= 0.6 is 0 Å². The summed E-state index contributed by atoms with van der Waals surface area (Å²) in [6.45, 7) is 4.47. The van der Waals surface area contributed by atoms with Crippen molar-refractivity contribution in [2.24, 2.45) is 0 Å². The van der Waals surface area contributed by atoms with Gasteiger partial charge in [0.2, 0.25) is 0 Å². The van der Waals surface area contributed by atoms with Crippen molar-refractivity contribution in [1.29, 1.82) is 0 Å². The number of nitrogens with one attached hydrogen (secondary N) is 2. The maximum atomic E-state index is 11.8. The van der Waals surface area contributed by atoms with Crippen LogP contribution in [0.4, 0.5) is 10.6 Å². The molecular formula is C15H19N3O2. The fraction of sp³-hybridized carbons (Fsp3) is 0.333. The zero-order chi connectivity index (χ0) is 14.4. The van der Waals surface area contributed by atoms with Crippen molar-refractivity contribution >= 4 is 11.8 Å². The zero-order valence-corrected chi connectivity index (χ0v) is 11.7. The number of aryl methyl sites for hydroxylation is 1. The van der Waals surface area contributed by atoms with Gasteiger partial charge < -0.3 is 9.84 Å². The van der Waals surface area contributed by atoms with Gasteiger partial charge in [-0.3, -0.25) is 5.32 Å². The van der Waals surface area contributed by atoms with E-state index in [-0.39, 0.29) is 6.03 Å². The predicted octanol–water partition coefficient (Wildman–Crippen LogP) is 3.30. The third kappa shape index (κ3) is 3.85. The van der Waals surface area contributed by atoms with E-state index in [1.807, 2.05) is 18.2 Å². The number of amides is 2. The lowest BCUT2D eigenvalue weighted by molar-refractivity contribution is 0.251. The number of rotatable bonds is 5. The maximum Gasteiger partial charge on any atom is 0.320 e. The molecular weight excluding hydrogens is 254 g/mol. The summed E-state index contributed by atoms with van der Waals surface area (Å²) < 4.78 is 4.89. The van der Waals surface area contributed by atoms with Gasteiger partial charge in [0.05, 0.1) is 0 Å². The molecule has 0 unspecified atom stereocenters. The summed E-state index contributed by atoms with van der Waals surface area (Å²) in [6, 6.07) is 11.6. The van der Waals surface area contributed by atoms with Crippen LogP contribution in [0.15, 0.2) is 40.9 Å². The minimum atomic E-state index is -0.271. The molecule has 0 aliphatic heterocycles. The standard InChI is InChI=1S/C15H19N3O2/c1-3-12(13-7-5-4-6-8-13)10-16-15(19)17-14-9-11(2)20-18-14/h4-9,12H,3,10H2,1-2H3,(H2,16,17,18,19)/t12-/m1/s1. The van der Waals surface area contributed by atoms with Crippen LogP contribution < -0.4 is 10.6 Å². The van der Waals surface area contributed by atoms with Gasteiger partial charge in [-0.2, -0.15) is 0 Å². The molecule has 0 saturated carbocycles. The number of hydrogen-bond acceptors (Lipinski definition) is 3. The molecule has 1 atom stereocenters. The second-order valence-corrected chi connectivity index (χ2v) is 4.67. The van der Waals surface area contributed by atoms with Gasteiger partial charge in [-0.25, -0.2) is 4.79 Å². The minimum absolute atomic E-state index is 0.271. The number of carbonyl (C=O) groups excluding carboxylic acids is 1. The average Bonchev–Trinajstić information content (AvgIpc) is 2.86. The Morgan fingerprint density at radius 3 is 2.70 bits per heavy atom. The van der Waals surface area contributed by atoms with E-state index in [1.165, 1.54) is 5.56 Å². The molecule has 0 saturated heterocycles. The quantitative estimate of drug-likeness (QED) is 0.878. The molecule has 2 N–H and O–H groups in total. The van der Waals surface area contributed by atoms with Crippen molar-refractivity contribution in [3.63, 3.8) is 0 Å². The van der Waals surface area contributed by atoms with E-state index < -0.39 is 0 Å². The number of benzene rings is 1. The molecule has 20 heavy (non-hydrogen) atoms. The van der Waals surface area contributed by atoms with Crippen molar-refractivity contribution in [2.75, 3.05) is 11.9 Å². The third-order valence-electron chi connectivity index (χ3n) is 3.14. The number of aromatic nitrogens is 1. The third-order valence-corrected chi connectivity index (χ3v) is 3.14. The molecule has 2 rings (SSSR count). The molecule has 0 aliphatic rings. The van der Waals surface area contributed by atoms with E-state index in [2.05, 4.69) is 34.8 Å². The van der Waals surface area contributed by atoms with Crippen LogP contribution in [0.1, 0.15) is 30.6 Å². The average molecular weight is 273 g/mol. The topological polar surface area (TPSA) is 67.2 Å². The van der Waals surface area contributed by atoms with Crippen molar-refractivity contribution in [3.8, 4) is 0 Å². The molecule has 106 valence electrons. The van der Waals surface area contributed by atoms with Gasteiger partial charge in [0.1, 0.15) is 5.76 Å². The molecule has 0 aliphatic carbocycles. The monoisotopic (exact) mass is 273 g/mol. The van der Waals surface area contributed by atoms with Crippen molar-refractivity contribution in [3.05, 3.63) is 47.7 Å². The lowest BCUT2D eigenvalue weighted by Crippen LogP contribution is -2.32. The molecule has 2 aromatic rings. The van der Waals surface area contributed by atoms with E-state index >= 15 is 0 Å². The number of nitrogens with zero attached hydrogens (tertiary/aromatic N) is 1. The Labute approximate surface area is 118 Å². The summed E-state index contributed by atoms with van der Waals surface area (Å²) >= 11 is 0. The van der Waals surface area contributed by atoms with E-state index in [0.717, 1.165) is 6.42 Å². The molecule has 0 spiro atoms. The number of hydrogen-bond donors (Lipinski definition) is 2. The van der Waals surface area contributed by atoms with E-state index in [1.54, 1.807) is 13.0 Å². The summed E-state index contributed by atoms with van der Waals surface area (Å²) in [6.07, 6.45) is 0.966. The van der Waals surface area contributed by atoms with Gasteiger partial charge >= 0.3 is 6.03 Å². The summed E-state index contributed by atoms with van der Waals surface area (Å²) in [7, 11) is 0. The predicted molar refractivity (Wildman–Crippen MR) is 77.7 cm³/mol. The van der Waals surface area contributed by atoms with Gasteiger partial charge in [0.15, 0.2) is 5.82 Å². The van der Waals surface area contributed by atoms with Gasteiger partial charge in [0.25, 0.3) is 0 Å². The fourth-order valence-corrected chi connectivity index (χ4v) is 2.02. The molecule has 1 aromatic carbocycles. The largest absolute Gasteiger partial charge is 0.360 e. The Bertz CT molecular complexity index is 551. The molecule has 0 radical (unpaired) electrons. The summed E-state index contributed by atoms with van der Waals surface area (Å²) in [5, 5.41) is 9.21. The maximum absolute atomic E-state index is 11.8. The second-order valence-electron chi connectivity index (χ2n) is 4.67. The van der Waals surface area contributed by atoms with Crippen LogP contribution in [0, 0.1) is 6.92 Å². The molecule has 1 heterocycles. The van der Waals surface area contributed by atoms with Crippen molar-refractivity contribution in [1.82, 2.24) is 10.5 Å². The van der Waals surface area contributed by atoms with Gasteiger partial charge in [-0.1, -0.05) is 42.4 Å². The van der Waals surface area contributed by atoms with E-state index in [9.17, 15) is 4.79 Å².